The van der Waals surface area contributed by atoms with Gasteiger partial charge in [0.1, 0.15) is 0 Å². The van der Waals surface area contributed by atoms with E-state index >= 15 is 0 Å². The van der Waals surface area contributed by atoms with Crippen molar-refractivity contribution in [2.75, 3.05) is 6.54 Å². The molecule has 0 atom stereocenters. The van der Waals surface area contributed by atoms with Crippen molar-refractivity contribution in [1.82, 2.24) is 0 Å². The van der Waals surface area contributed by atoms with Crippen LogP contribution in [0.2, 0.25) is 0 Å². The summed E-state index contributed by atoms with van der Waals surface area (Å²) in [6, 6.07) is 0. The summed E-state index contributed by atoms with van der Waals surface area (Å²) in [5.74, 6) is 0. The van der Waals surface area contributed by atoms with Crippen LogP contribution in [-0.2, 0) is 0 Å². The molecule has 0 aliphatic heterocycles. The number of allylic oxidation sites excluding steroid dienone is 1. The molecule has 0 saturated carbocycles. The first-order valence-corrected chi connectivity index (χ1v) is 5.43. The minimum absolute atomic E-state index is 0.750. The first-order chi connectivity index (χ1) is 6.16. The fraction of sp³-hybridized carbons (Fsp3) is 0.833. The largest absolute Gasteiger partial charge is 0.331 e. The van der Waals surface area contributed by atoms with Crippen LogP contribution in [0.3, 0.4) is 0 Å². The topological polar surface area (TPSA) is 26.0 Å². The molecule has 0 aromatic rings. The van der Waals surface area contributed by atoms with Crippen LogP contribution < -0.4 is 5.73 Å². The standard InChI is InChI=1S/C4H10.C3H8.C3H6.C2H7N/c1-3-4-2;2*1-3-2;1-2-3/h3-4H2,1-2H3;3H2,1-2H3;3H,1H2,2H3;2-3H2,1H3. The molecule has 0 unspecified atom stereocenters. The van der Waals surface area contributed by atoms with Crippen molar-refractivity contribution >= 4 is 0 Å². The third-order valence-electron chi connectivity index (χ3n) is 0.500. The average Bonchev–Trinajstić information content (AvgIpc) is 2.08. The van der Waals surface area contributed by atoms with Gasteiger partial charge in [-0.25, -0.2) is 0 Å². The molecule has 0 aromatic heterocycles. The second-order valence-corrected chi connectivity index (χ2v) is 2.52. The zero-order valence-electron chi connectivity index (χ0n) is 10.7. The van der Waals surface area contributed by atoms with Crippen LogP contribution >= 0.6 is 0 Å². The van der Waals surface area contributed by atoms with Crippen molar-refractivity contribution in [1.29, 1.82) is 0 Å². The van der Waals surface area contributed by atoms with Gasteiger partial charge in [0, 0.05) is 0 Å². The highest BCUT2D eigenvalue weighted by Gasteiger charge is 1.56. The Hall–Kier alpha value is -0.300. The van der Waals surface area contributed by atoms with E-state index < -0.39 is 0 Å². The lowest BCUT2D eigenvalue weighted by Crippen LogP contribution is -1.87. The molecule has 0 aliphatic carbocycles. The van der Waals surface area contributed by atoms with Gasteiger partial charge in [0.2, 0.25) is 0 Å². The highest BCUT2D eigenvalue weighted by molar-refractivity contribution is 4.51. The van der Waals surface area contributed by atoms with E-state index in [-0.39, 0.29) is 0 Å². The van der Waals surface area contributed by atoms with Crippen molar-refractivity contribution in [3.05, 3.63) is 12.7 Å². The Labute approximate surface area is 86.4 Å². The molecule has 0 spiro atoms. The van der Waals surface area contributed by atoms with Crippen molar-refractivity contribution in [3.63, 3.8) is 0 Å². The Morgan fingerprint density at radius 1 is 1.00 bits per heavy atom. The Morgan fingerprint density at radius 2 is 1.08 bits per heavy atom. The van der Waals surface area contributed by atoms with Gasteiger partial charge < -0.3 is 5.73 Å². The Kier molecular flexibility index (Phi) is 107. The maximum Gasteiger partial charge on any atom is -0.0106 e. The Balaban J connectivity index is -0.0000000420. The van der Waals surface area contributed by atoms with E-state index in [0.29, 0.717) is 0 Å². The van der Waals surface area contributed by atoms with Gasteiger partial charge >= 0.3 is 0 Å². The lowest BCUT2D eigenvalue weighted by Gasteiger charge is -1.68. The molecule has 13 heavy (non-hydrogen) atoms. The van der Waals surface area contributed by atoms with Gasteiger partial charge in [-0.1, -0.05) is 60.0 Å². The number of nitrogens with two attached hydrogens (primary N) is 1. The summed E-state index contributed by atoms with van der Waals surface area (Å²) in [6.45, 7) is 16.5. The van der Waals surface area contributed by atoms with Gasteiger partial charge in [0.15, 0.2) is 0 Å². The quantitative estimate of drug-likeness (QED) is 0.609. The lowest BCUT2D eigenvalue weighted by molar-refractivity contribution is 0.886. The van der Waals surface area contributed by atoms with E-state index in [1.54, 1.807) is 6.08 Å². The van der Waals surface area contributed by atoms with Gasteiger partial charge in [-0.15, -0.1) is 6.58 Å². The molecular formula is C12H31N. The summed E-state index contributed by atoms with van der Waals surface area (Å²) in [6.07, 6.45) is 5.64. The first-order valence-electron chi connectivity index (χ1n) is 5.43. The third-order valence-corrected chi connectivity index (χ3v) is 0.500. The number of rotatable bonds is 1. The van der Waals surface area contributed by atoms with Crippen molar-refractivity contribution < 1.29 is 0 Å². The van der Waals surface area contributed by atoms with Crippen LogP contribution in [0.4, 0.5) is 0 Å². The number of unbranched alkanes of at least 4 members (excludes halogenated alkanes) is 1. The summed E-state index contributed by atoms with van der Waals surface area (Å²) in [5, 5.41) is 0. The SMILES string of the molecule is C=CC.CCC.CCCC.CCN. The van der Waals surface area contributed by atoms with Crippen LogP contribution in [0.1, 0.15) is 60.8 Å². The van der Waals surface area contributed by atoms with Gasteiger partial charge in [0.25, 0.3) is 0 Å². The van der Waals surface area contributed by atoms with E-state index in [9.17, 15) is 0 Å². The van der Waals surface area contributed by atoms with Crippen LogP contribution in [0.15, 0.2) is 12.7 Å². The molecule has 1 heteroatoms. The van der Waals surface area contributed by atoms with Crippen molar-refractivity contribution in [3.8, 4) is 0 Å². The molecule has 0 saturated heterocycles. The van der Waals surface area contributed by atoms with Crippen LogP contribution in [-0.4, -0.2) is 6.54 Å². The summed E-state index contributed by atoms with van der Waals surface area (Å²) in [7, 11) is 0. The zero-order valence-corrected chi connectivity index (χ0v) is 10.7. The number of hydrogen-bond donors (Lipinski definition) is 1. The monoisotopic (exact) mass is 189 g/mol. The average molecular weight is 189 g/mol. The predicted octanol–water partition coefficient (Wildman–Crippen LogP) is 4.38. The Morgan fingerprint density at radius 3 is 1.08 bits per heavy atom. The lowest BCUT2D eigenvalue weighted by atomic mass is 10.4. The highest BCUT2D eigenvalue weighted by Crippen LogP contribution is 1.76. The number of hydrogen-bond acceptors (Lipinski definition) is 1. The second-order valence-electron chi connectivity index (χ2n) is 2.52. The molecule has 0 amide bonds. The minimum atomic E-state index is 0.750. The molecule has 0 aliphatic rings. The normalized spacial score (nSPS) is 6.08. The molecule has 0 heterocycles. The van der Waals surface area contributed by atoms with Crippen LogP contribution in [0.5, 0.6) is 0 Å². The molecule has 0 radical (unpaired) electrons. The summed E-state index contributed by atoms with van der Waals surface area (Å²) in [5.41, 5.74) is 4.85. The maximum absolute atomic E-state index is 4.85. The highest BCUT2D eigenvalue weighted by atomic mass is 14.5. The van der Waals surface area contributed by atoms with Gasteiger partial charge in [-0.05, 0) is 13.5 Å². The van der Waals surface area contributed by atoms with Crippen LogP contribution in [0.25, 0.3) is 0 Å². The van der Waals surface area contributed by atoms with E-state index in [1.807, 2.05) is 13.8 Å². The Bertz CT molecular complexity index is 38.4. The van der Waals surface area contributed by atoms with Crippen LogP contribution in [0, 0.1) is 0 Å². The molecule has 0 rings (SSSR count). The van der Waals surface area contributed by atoms with E-state index in [0.717, 1.165) is 6.54 Å². The summed E-state index contributed by atoms with van der Waals surface area (Å²) < 4.78 is 0. The molecule has 0 aromatic carbocycles. The van der Waals surface area contributed by atoms with E-state index in [1.165, 1.54) is 19.3 Å². The molecule has 84 valence electrons. The molecule has 0 bridgehead atoms. The zero-order chi connectivity index (χ0) is 11.5. The minimum Gasteiger partial charge on any atom is -0.331 e. The fourth-order valence-corrected chi connectivity index (χ4v) is 0. The molecule has 0 fully saturated rings. The predicted molar refractivity (Wildman–Crippen MR) is 67.1 cm³/mol. The smallest absolute Gasteiger partial charge is 0.0106 e. The first kappa shape index (κ1) is 23.0. The third kappa shape index (κ3) is 2250. The van der Waals surface area contributed by atoms with Crippen molar-refractivity contribution in [2.24, 2.45) is 5.73 Å². The maximum atomic E-state index is 4.85. The van der Waals surface area contributed by atoms with Gasteiger partial charge in [-0.3, -0.25) is 0 Å². The summed E-state index contributed by atoms with van der Waals surface area (Å²) in [4.78, 5) is 0. The second kappa shape index (κ2) is 60.6. The van der Waals surface area contributed by atoms with E-state index in [4.69, 9.17) is 5.73 Å². The summed E-state index contributed by atoms with van der Waals surface area (Å²) >= 11 is 0. The van der Waals surface area contributed by atoms with Gasteiger partial charge in [-0.2, -0.15) is 0 Å². The molecular weight excluding hydrogens is 158 g/mol. The van der Waals surface area contributed by atoms with Gasteiger partial charge in [0.05, 0.1) is 0 Å². The van der Waals surface area contributed by atoms with E-state index in [2.05, 4.69) is 34.3 Å². The molecule has 1 nitrogen and oxygen atoms in total. The fourth-order valence-electron chi connectivity index (χ4n) is 0. The molecule has 2 N–H and O–H groups in total. The van der Waals surface area contributed by atoms with Crippen molar-refractivity contribution in [2.45, 2.75) is 60.8 Å².